The SMILES string of the molecule is Cc1c(COc2ccc3oc(C4CNCCN4C=O)cc3c2)oc2cccc(OCCCNCc3cccnc3)c12. The summed E-state index contributed by atoms with van der Waals surface area (Å²) in [5.41, 5.74) is 3.72. The molecule has 212 valence electrons. The van der Waals surface area contributed by atoms with E-state index in [9.17, 15) is 4.79 Å². The van der Waals surface area contributed by atoms with E-state index < -0.39 is 0 Å². The number of fused-ring (bicyclic) bond motifs is 2. The normalized spacial score (nSPS) is 15.4. The number of ether oxygens (including phenoxy) is 2. The Morgan fingerprint density at radius 1 is 1.12 bits per heavy atom. The first-order chi connectivity index (χ1) is 20.2. The van der Waals surface area contributed by atoms with E-state index in [2.05, 4.69) is 21.7 Å². The summed E-state index contributed by atoms with van der Waals surface area (Å²) in [6, 6.07) is 17.5. The summed E-state index contributed by atoms with van der Waals surface area (Å²) >= 11 is 0. The molecule has 9 heteroatoms. The van der Waals surface area contributed by atoms with Crippen molar-refractivity contribution in [2.75, 3.05) is 32.8 Å². The first kappa shape index (κ1) is 26.9. The molecule has 2 N–H and O–H groups in total. The van der Waals surface area contributed by atoms with Crippen LogP contribution in [0.3, 0.4) is 0 Å². The predicted octanol–water partition coefficient (Wildman–Crippen LogP) is 5.12. The third kappa shape index (κ3) is 6.06. The molecular formula is C32H34N4O5. The molecule has 0 radical (unpaired) electrons. The molecule has 0 saturated carbocycles. The van der Waals surface area contributed by atoms with Gasteiger partial charge in [-0.05, 0) is 67.9 Å². The smallest absolute Gasteiger partial charge is 0.210 e. The van der Waals surface area contributed by atoms with Crippen LogP contribution in [-0.2, 0) is 17.9 Å². The third-order valence-electron chi connectivity index (χ3n) is 7.45. The molecule has 0 bridgehead atoms. The molecule has 1 saturated heterocycles. The Morgan fingerprint density at radius 2 is 2.07 bits per heavy atom. The molecule has 9 nitrogen and oxygen atoms in total. The number of hydrogen-bond donors (Lipinski definition) is 2. The van der Waals surface area contributed by atoms with Gasteiger partial charge < -0.3 is 33.8 Å². The van der Waals surface area contributed by atoms with Gasteiger partial charge in [-0.2, -0.15) is 0 Å². The number of aromatic nitrogens is 1. The number of furan rings is 2. The lowest BCUT2D eigenvalue weighted by Gasteiger charge is -2.31. The Balaban J connectivity index is 1.07. The lowest BCUT2D eigenvalue weighted by atomic mass is 10.1. The number of piperazine rings is 1. The van der Waals surface area contributed by atoms with Gasteiger partial charge in [0.25, 0.3) is 0 Å². The molecular weight excluding hydrogens is 520 g/mol. The van der Waals surface area contributed by atoms with Gasteiger partial charge in [-0.25, -0.2) is 0 Å². The molecule has 6 rings (SSSR count). The van der Waals surface area contributed by atoms with Gasteiger partial charge in [0.15, 0.2) is 0 Å². The van der Waals surface area contributed by atoms with Gasteiger partial charge in [-0.3, -0.25) is 9.78 Å². The van der Waals surface area contributed by atoms with E-state index in [-0.39, 0.29) is 6.04 Å². The Hall–Kier alpha value is -4.34. The number of aryl methyl sites for hydroxylation is 1. The summed E-state index contributed by atoms with van der Waals surface area (Å²) in [4.78, 5) is 17.4. The lowest BCUT2D eigenvalue weighted by molar-refractivity contribution is -0.121. The summed E-state index contributed by atoms with van der Waals surface area (Å²) in [7, 11) is 0. The van der Waals surface area contributed by atoms with Gasteiger partial charge in [-0.1, -0.05) is 12.1 Å². The predicted molar refractivity (Wildman–Crippen MR) is 156 cm³/mol. The summed E-state index contributed by atoms with van der Waals surface area (Å²) in [6.45, 7) is 6.68. The van der Waals surface area contributed by atoms with Gasteiger partial charge in [0.1, 0.15) is 46.8 Å². The van der Waals surface area contributed by atoms with Crippen molar-refractivity contribution in [3.63, 3.8) is 0 Å². The van der Waals surface area contributed by atoms with E-state index >= 15 is 0 Å². The number of nitrogens with zero attached hydrogens (tertiary/aromatic N) is 2. The zero-order valence-electron chi connectivity index (χ0n) is 23.1. The number of benzene rings is 2. The maximum absolute atomic E-state index is 11.5. The number of pyridine rings is 1. The summed E-state index contributed by atoms with van der Waals surface area (Å²) in [6.07, 6.45) is 5.43. The summed E-state index contributed by atoms with van der Waals surface area (Å²) < 4.78 is 24.5. The van der Waals surface area contributed by atoms with Crippen LogP contribution >= 0.6 is 0 Å². The fourth-order valence-corrected chi connectivity index (χ4v) is 5.24. The highest BCUT2D eigenvalue weighted by molar-refractivity contribution is 5.88. The fourth-order valence-electron chi connectivity index (χ4n) is 5.24. The van der Waals surface area contributed by atoms with Crippen LogP contribution in [0.5, 0.6) is 11.5 Å². The molecule has 41 heavy (non-hydrogen) atoms. The number of hydrogen-bond acceptors (Lipinski definition) is 8. The first-order valence-corrected chi connectivity index (χ1v) is 14.0. The zero-order chi connectivity index (χ0) is 28.0. The molecule has 1 aliphatic heterocycles. The van der Waals surface area contributed by atoms with Gasteiger partial charge in [-0.15, -0.1) is 0 Å². The minimum atomic E-state index is -0.115. The standard InChI is InChI=1S/C32H34N4O5/c1-22-31(20-39-25-8-9-27-24(15-25)16-30(40-27)26-19-35-12-13-36(26)21-37)41-29-7-2-6-28(32(22)29)38-14-4-11-34-18-23-5-3-10-33-17-23/h2-3,5-10,15-17,21,26,34-35H,4,11-14,18-20H2,1H3. The zero-order valence-corrected chi connectivity index (χ0v) is 23.1. The first-order valence-electron chi connectivity index (χ1n) is 14.0. The molecule has 1 amide bonds. The largest absolute Gasteiger partial charge is 0.493 e. The number of rotatable bonds is 12. The van der Waals surface area contributed by atoms with Crippen LogP contribution in [0.25, 0.3) is 21.9 Å². The summed E-state index contributed by atoms with van der Waals surface area (Å²) in [5.74, 6) is 3.06. The average molecular weight is 555 g/mol. The molecule has 4 heterocycles. The molecule has 2 aromatic carbocycles. The highest BCUT2D eigenvalue weighted by Crippen LogP contribution is 2.35. The van der Waals surface area contributed by atoms with E-state index in [1.807, 2.05) is 61.7 Å². The highest BCUT2D eigenvalue weighted by atomic mass is 16.5. The van der Waals surface area contributed by atoms with Crippen LogP contribution in [0.1, 0.15) is 35.1 Å². The van der Waals surface area contributed by atoms with Gasteiger partial charge in [0.2, 0.25) is 6.41 Å². The molecule has 1 fully saturated rings. The van der Waals surface area contributed by atoms with E-state index in [1.54, 1.807) is 11.1 Å². The Morgan fingerprint density at radius 3 is 2.95 bits per heavy atom. The van der Waals surface area contributed by atoms with Crippen molar-refractivity contribution in [3.8, 4) is 11.5 Å². The molecule has 1 aliphatic rings. The van der Waals surface area contributed by atoms with E-state index in [1.165, 1.54) is 5.56 Å². The average Bonchev–Trinajstić information content (AvgIpc) is 3.59. The van der Waals surface area contributed by atoms with Crippen molar-refractivity contribution in [3.05, 3.63) is 89.6 Å². The van der Waals surface area contributed by atoms with Gasteiger partial charge in [0, 0.05) is 49.5 Å². The van der Waals surface area contributed by atoms with Crippen LogP contribution in [-0.4, -0.2) is 49.1 Å². The third-order valence-corrected chi connectivity index (χ3v) is 7.45. The van der Waals surface area contributed by atoms with Crippen molar-refractivity contribution in [1.82, 2.24) is 20.5 Å². The number of nitrogens with one attached hydrogen (secondary N) is 2. The second-order valence-corrected chi connectivity index (χ2v) is 10.2. The van der Waals surface area contributed by atoms with Gasteiger partial charge in [0.05, 0.1) is 12.0 Å². The van der Waals surface area contributed by atoms with Crippen LogP contribution < -0.4 is 20.1 Å². The topological polar surface area (TPSA) is 102 Å². The maximum atomic E-state index is 11.5. The Bertz CT molecular complexity index is 1610. The minimum Gasteiger partial charge on any atom is -0.493 e. The van der Waals surface area contributed by atoms with E-state index in [0.29, 0.717) is 32.1 Å². The van der Waals surface area contributed by atoms with Crippen molar-refractivity contribution in [1.29, 1.82) is 0 Å². The van der Waals surface area contributed by atoms with Crippen molar-refractivity contribution in [2.45, 2.75) is 32.5 Å². The quantitative estimate of drug-likeness (QED) is 0.162. The van der Waals surface area contributed by atoms with Gasteiger partial charge >= 0.3 is 0 Å². The second kappa shape index (κ2) is 12.4. The van der Waals surface area contributed by atoms with Crippen molar-refractivity contribution in [2.24, 2.45) is 0 Å². The van der Waals surface area contributed by atoms with E-state index in [4.69, 9.17) is 18.3 Å². The molecule has 1 atom stereocenters. The van der Waals surface area contributed by atoms with Crippen LogP contribution in [0.2, 0.25) is 0 Å². The minimum absolute atomic E-state index is 0.115. The molecule has 0 aliphatic carbocycles. The van der Waals surface area contributed by atoms with Crippen molar-refractivity contribution < 1.29 is 23.1 Å². The number of amides is 1. The molecule has 3 aromatic heterocycles. The number of carbonyl (C=O) groups is 1. The maximum Gasteiger partial charge on any atom is 0.210 e. The van der Waals surface area contributed by atoms with Crippen LogP contribution in [0.15, 0.2) is 75.8 Å². The summed E-state index contributed by atoms with van der Waals surface area (Å²) in [5, 5.41) is 8.66. The highest BCUT2D eigenvalue weighted by Gasteiger charge is 2.25. The molecule has 1 unspecified atom stereocenters. The van der Waals surface area contributed by atoms with Crippen LogP contribution in [0, 0.1) is 6.92 Å². The Kier molecular flexibility index (Phi) is 8.16. The Labute approximate surface area is 238 Å². The van der Waals surface area contributed by atoms with Crippen LogP contribution in [0.4, 0.5) is 0 Å². The van der Waals surface area contributed by atoms with E-state index in [0.717, 1.165) is 77.2 Å². The number of carbonyl (C=O) groups excluding carboxylic acids is 1. The lowest BCUT2D eigenvalue weighted by Crippen LogP contribution is -2.45. The molecule has 0 spiro atoms. The second-order valence-electron chi connectivity index (χ2n) is 10.2. The fraction of sp³-hybridized carbons (Fsp3) is 0.312. The van der Waals surface area contributed by atoms with Crippen molar-refractivity contribution >= 4 is 28.3 Å². The molecule has 5 aromatic rings. The monoisotopic (exact) mass is 554 g/mol.